The van der Waals surface area contributed by atoms with E-state index in [1.165, 1.54) is 0 Å². The molecule has 0 unspecified atom stereocenters. The molecular formula is C21H24ClNO3. The minimum atomic E-state index is 0. The Labute approximate surface area is 159 Å². The second-order valence-electron chi connectivity index (χ2n) is 6.50. The zero-order chi connectivity index (χ0) is 18.0. The van der Waals surface area contributed by atoms with Crippen LogP contribution < -0.4 is 10.2 Å². The van der Waals surface area contributed by atoms with Gasteiger partial charge >= 0.3 is 0 Å². The Balaban J connectivity index is 0.00000243. The van der Waals surface area contributed by atoms with Gasteiger partial charge in [0.1, 0.15) is 17.1 Å². The number of halogens is 1. The van der Waals surface area contributed by atoms with Gasteiger partial charge in [0.25, 0.3) is 0 Å². The third-order valence-corrected chi connectivity index (χ3v) is 4.35. The molecule has 138 valence electrons. The van der Waals surface area contributed by atoms with Crippen molar-refractivity contribution in [3.8, 4) is 5.75 Å². The predicted molar refractivity (Wildman–Crippen MR) is 108 cm³/mol. The molecule has 0 aliphatic carbocycles. The maximum Gasteiger partial charge on any atom is 0.195 e. The number of ether oxygens (including phenoxy) is 1. The van der Waals surface area contributed by atoms with Gasteiger partial charge in [-0.2, -0.15) is 0 Å². The summed E-state index contributed by atoms with van der Waals surface area (Å²) in [6.45, 7) is 2.47. The van der Waals surface area contributed by atoms with E-state index < -0.39 is 0 Å². The van der Waals surface area contributed by atoms with Gasteiger partial charge in [0.2, 0.25) is 0 Å². The Kier molecular flexibility index (Phi) is 6.46. The molecule has 0 saturated heterocycles. The van der Waals surface area contributed by atoms with Gasteiger partial charge in [0.15, 0.2) is 5.43 Å². The first kappa shape index (κ1) is 20.0. The average molecular weight is 374 g/mol. The van der Waals surface area contributed by atoms with E-state index in [0.29, 0.717) is 35.3 Å². The normalized spacial score (nSPS) is 10.8. The number of hydrogen-bond donors (Lipinski definition) is 0. The molecule has 1 aromatic heterocycles. The summed E-state index contributed by atoms with van der Waals surface area (Å²) >= 11 is 0. The van der Waals surface area contributed by atoms with Crippen molar-refractivity contribution < 1.29 is 9.15 Å². The number of fused-ring (bicyclic) bond motifs is 1. The summed E-state index contributed by atoms with van der Waals surface area (Å²) in [4.78, 5) is 14.9. The van der Waals surface area contributed by atoms with Crippen LogP contribution in [0, 0.1) is 6.92 Å². The van der Waals surface area contributed by atoms with Gasteiger partial charge < -0.3 is 14.1 Å². The van der Waals surface area contributed by atoms with Crippen LogP contribution in [0.1, 0.15) is 22.5 Å². The molecular weight excluding hydrogens is 350 g/mol. The van der Waals surface area contributed by atoms with Crippen molar-refractivity contribution in [1.82, 2.24) is 4.90 Å². The summed E-state index contributed by atoms with van der Waals surface area (Å²) in [5.74, 6) is 1.44. The molecule has 0 aliphatic heterocycles. The molecule has 3 aromatic rings. The minimum Gasteiger partial charge on any atom is -0.496 e. The Morgan fingerprint density at radius 2 is 1.77 bits per heavy atom. The van der Waals surface area contributed by atoms with Crippen molar-refractivity contribution in [2.45, 2.75) is 19.9 Å². The first-order valence-corrected chi connectivity index (χ1v) is 8.32. The van der Waals surface area contributed by atoms with Crippen LogP contribution in [0.25, 0.3) is 11.0 Å². The van der Waals surface area contributed by atoms with Gasteiger partial charge in [0.05, 0.1) is 18.1 Å². The number of methoxy groups -OCH3 is 1. The molecule has 0 fully saturated rings. The van der Waals surface area contributed by atoms with Crippen LogP contribution in [-0.2, 0) is 13.0 Å². The van der Waals surface area contributed by atoms with E-state index in [4.69, 9.17) is 9.15 Å². The van der Waals surface area contributed by atoms with Crippen LogP contribution in [0.15, 0.2) is 51.7 Å². The molecule has 0 saturated carbocycles. The SMILES string of the molecule is COc1ccc2c(=O)c(C)c(Cc3ccccc3)oc2c1CN(C)C.Cl. The Morgan fingerprint density at radius 1 is 1.08 bits per heavy atom. The highest BCUT2D eigenvalue weighted by atomic mass is 35.5. The lowest BCUT2D eigenvalue weighted by atomic mass is 10.0. The molecule has 0 aliphatic rings. The van der Waals surface area contributed by atoms with Crippen molar-refractivity contribution in [3.05, 3.63) is 75.1 Å². The second-order valence-corrected chi connectivity index (χ2v) is 6.50. The third kappa shape index (κ3) is 3.92. The smallest absolute Gasteiger partial charge is 0.195 e. The fraction of sp³-hybridized carbons (Fsp3) is 0.286. The average Bonchev–Trinajstić information content (AvgIpc) is 2.60. The first-order valence-electron chi connectivity index (χ1n) is 8.32. The molecule has 0 atom stereocenters. The molecule has 2 aromatic carbocycles. The number of rotatable bonds is 5. The third-order valence-electron chi connectivity index (χ3n) is 4.35. The monoisotopic (exact) mass is 373 g/mol. The highest BCUT2D eigenvalue weighted by Crippen LogP contribution is 2.29. The molecule has 0 spiro atoms. The molecule has 3 rings (SSSR count). The zero-order valence-corrected chi connectivity index (χ0v) is 16.4. The van der Waals surface area contributed by atoms with Crippen LogP contribution >= 0.6 is 12.4 Å². The maximum absolute atomic E-state index is 12.9. The summed E-state index contributed by atoms with van der Waals surface area (Å²) in [6.07, 6.45) is 0.594. The quantitative estimate of drug-likeness (QED) is 0.672. The molecule has 5 heteroatoms. The summed E-state index contributed by atoms with van der Waals surface area (Å²) in [7, 11) is 5.60. The van der Waals surface area contributed by atoms with E-state index in [0.717, 1.165) is 16.9 Å². The topological polar surface area (TPSA) is 42.7 Å². The lowest BCUT2D eigenvalue weighted by molar-refractivity contribution is 0.369. The molecule has 4 nitrogen and oxygen atoms in total. The van der Waals surface area contributed by atoms with Gasteiger partial charge in [0, 0.05) is 18.5 Å². The fourth-order valence-electron chi connectivity index (χ4n) is 3.04. The zero-order valence-electron chi connectivity index (χ0n) is 15.5. The number of hydrogen-bond acceptors (Lipinski definition) is 4. The Bertz CT molecular complexity index is 949. The van der Waals surface area contributed by atoms with Crippen LogP contribution in [0.3, 0.4) is 0 Å². The highest BCUT2D eigenvalue weighted by molar-refractivity contribution is 5.85. The molecule has 0 bridgehead atoms. The lowest BCUT2D eigenvalue weighted by Crippen LogP contribution is -2.15. The second kappa shape index (κ2) is 8.39. The van der Waals surface area contributed by atoms with E-state index in [9.17, 15) is 4.79 Å². The van der Waals surface area contributed by atoms with E-state index in [-0.39, 0.29) is 17.8 Å². The van der Waals surface area contributed by atoms with Crippen molar-refractivity contribution >= 4 is 23.4 Å². The van der Waals surface area contributed by atoms with Gasteiger partial charge in [-0.25, -0.2) is 0 Å². The Hall–Kier alpha value is -2.30. The summed E-state index contributed by atoms with van der Waals surface area (Å²) in [5.41, 5.74) is 3.32. The summed E-state index contributed by atoms with van der Waals surface area (Å²) < 4.78 is 11.7. The van der Waals surface area contributed by atoms with E-state index >= 15 is 0 Å². The molecule has 26 heavy (non-hydrogen) atoms. The van der Waals surface area contributed by atoms with Crippen molar-refractivity contribution in [3.63, 3.8) is 0 Å². The fourth-order valence-corrected chi connectivity index (χ4v) is 3.04. The molecule has 0 amide bonds. The van der Waals surface area contributed by atoms with Gasteiger partial charge in [-0.3, -0.25) is 4.79 Å². The van der Waals surface area contributed by atoms with Crippen molar-refractivity contribution in [2.24, 2.45) is 0 Å². The van der Waals surface area contributed by atoms with Gasteiger partial charge in [-0.05, 0) is 38.7 Å². The van der Waals surface area contributed by atoms with E-state index in [2.05, 4.69) is 0 Å². The molecule has 0 N–H and O–H groups in total. The summed E-state index contributed by atoms with van der Waals surface area (Å²) in [5, 5.41) is 0.604. The summed E-state index contributed by atoms with van der Waals surface area (Å²) in [6, 6.07) is 13.7. The largest absolute Gasteiger partial charge is 0.496 e. The van der Waals surface area contributed by atoms with Gasteiger partial charge in [-0.1, -0.05) is 30.3 Å². The van der Waals surface area contributed by atoms with Crippen molar-refractivity contribution in [1.29, 1.82) is 0 Å². The predicted octanol–water partition coefficient (Wildman–Crippen LogP) is 4.18. The van der Waals surface area contributed by atoms with Crippen LogP contribution in [0.5, 0.6) is 5.75 Å². The van der Waals surface area contributed by atoms with Crippen LogP contribution in [0.2, 0.25) is 0 Å². The minimum absolute atomic E-state index is 0. The van der Waals surface area contributed by atoms with Crippen LogP contribution in [-0.4, -0.2) is 26.1 Å². The molecule has 0 radical (unpaired) electrons. The van der Waals surface area contributed by atoms with Gasteiger partial charge in [-0.15, -0.1) is 12.4 Å². The number of benzene rings is 2. The molecule has 1 heterocycles. The standard InChI is InChI=1S/C21H23NO3.ClH/c1-14-19(12-15-8-6-5-7-9-15)25-21-16(20(14)23)10-11-18(24-4)17(21)13-22(2)3;/h5-11H,12-13H2,1-4H3;1H. The number of nitrogens with zero attached hydrogens (tertiary/aromatic N) is 1. The van der Waals surface area contributed by atoms with E-state index in [1.54, 1.807) is 13.2 Å². The Morgan fingerprint density at radius 3 is 2.38 bits per heavy atom. The first-order chi connectivity index (χ1) is 12.0. The van der Waals surface area contributed by atoms with E-state index in [1.807, 2.05) is 62.3 Å². The lowest BCUT2D eigenvalue weighted by Gasteiger charge is -2.16. The van der Waals surface area contributed by atoms with Crippen molar-refractivity contribution in [2.75, 3.05) is 21.2 Å². The highest BCUT2D eigenvalue weighted by Gasteiger charge is 2.17. The maximum atomic E-state index is 12.9. The van der Waals surface area contributed by atoms with Crippen LogP contribution in [0.4, 0.5) is 0 Å².